The molecule has 4 unspecified atom stereocenters. The van der Waals surface area contributed by atoms with Gasteiger partial charge in [-0.15, -0.1) is 0 Å². The molecule has 0 saturated heterocycles. The van der Waals surface area contributed by atoms with E-state index in [9.17, 15) is 0 Å². The maximum atomic E-state index is 2.61. The molecule has 0 fully saturated rings. The van der Waals surface area contributed by atoms with Gasteiger partial charge in [-0.1, -0.05) is 180 Å². The zero-order valence-corrected chi connectivity index (χ0v) is 33.8. The Balaban J connectivity index is 1.37. The molecule has 50 heavy (non-hydrogen) atoms. The molecule has 4 atom stereocenters. The highest BCUT2D eigenvalue weighted by Crippen LogP contribution is 2.50. The summed E-state index contributed by atoms with van der Waals surface area (Å²) in [7, 11) is 0. The van der Waals surface area contributed by atoms with E-state index >= 15 is 0 Å². The number of rotatable bonds is 10. The number of hydrogen-bond donors (Lipinski definition) is 0. The van der Waals surface area contributed by atoms with Crippen molar-refractivity contribution in [3.63, 3.8) is 0 Å². The largest absolute Gasteiger partial charge is 0.0622 e. The molecule has 268 valence electrons. The molecule has 5 rings (SSSR count). The lowest BCUT2D eigenvalue weighted by Crippen LogP contribution is -2.29. The van der Waals surface area contributed by atoms with E-state index in [0.717, 1.165) is 25.7 Å². The minimum absolute atomic E-state index is 0.180. The summed E-state index contributed by atoms with van der Waals surface area (Å²) in [5.74, 6) is 1.99. The zero-order valence-electron chi connectivity index (χ0n) is 33.8. The van der Waals surface area contributed by atoms with Crippen LogP contribution in [-0.4, -0.2) is 0 Å². The third-order valence-corrected chi connectivity index (χ3v) is 13.1. The quantitative estimate of drug-likeness (QED) is 0.158. The fraction of sp³-hybridized carbons (Fsp3) is 0.520. The van der Waals surface area contributed by atoms with Crippen molar-refractivity contribution in [2.45, 2.75) is 145 Å². The van der Waals surface area contributed by atoms with Crippen LogP contribution < -0.4 is 0 Å². The first kappa shape index (κ1) is 38.1. The summed E-state index contributed by atoms with van der Waals surface area (Å²) in [6.07, 6.45) is 6.85. The van der Waals surface area contributed by atoms with E-state index < -0.39 is 0 Å². The molecular formula is C50H68. The second kappa shape index (κ2) is 14.9. The lowest BCUT2D eigenvalue weighted by molar-refractivity contribution is 0.188. The SMILES string of the molecule is CC(c1ccccc1)C(C)(C)CC(c1ccc2c(c1)CCc1ccc(C(CC(C)(C)C(C)c3ccccc3)C(C)(C)C)cc1CC2)C(C)(C)C. The average molecular weight is 669 g/mol. The van der Waals surface area contributed by atoms with E-state index in [-0.39, 0.29) is 21.7 Å². The number of benzene rings is 4. The van der Waals surface area contributed by atoms with Crippen molar-refractivity contribution in [1.82, 2.24) is 0 Å². The van der Waals surface area contributed by atoms with Crippen LogP contribution in [0, 0.1) is 21.7 Å². The molecule has 0 aromatic heterocycles. The second-order valence-electron chi connectivity index (χ2n) is 19.5. The first-order valence-corrected chi connectivity index (χ1v) is 19.7. The van der Waals surface area contributed by atoms with E-state index in [2.05, 4.69) is 180 Å². The summed E-state index contributed by atoms with van der Waals surface area (Å²) in [4.78, 5) is 0. The highest BCUT2D eigenvalue weighted by atomic mass is 14.4. The van der Waals surface area contributed by atoms with Gasteiger partial charge in [-0.05, 0) is 128 Å². The van der Waals surface area contributed by atoms with Crippen LogP contribution in [0.15, 0.2) is 97.1 Å². The van der Waals surface area contributed by atoms with Gasteiger partial charge in [0, 0.05) is 0 Å². The summed E-state index contributed by atoms with van der Waals surface area (Å²) in [6, 6.07) is 37.4. The van der Waals surface area contributed by atoms with Crippen molar-refractivity contribution in [3.05, 3.63) is 142 Å². The molecule has 0 bridgehead atoms. The van der Waals surface area contributed by atoms with Crippen LogP contribution in [0.2, 0.25) is 0 Å². The fourth-order valence-electron chi connectivity index (χ4n) is 8.86. The van der Waals surface area contributed by atoms with Gasteiger partial charge in [0.05, 0.1) is 0 Å². The van der Waals surface area contributed by atoms with Gasteiger partial charge in [-0.2, -0.15) is 0 Å². The number of aryl methyl sites for hydroxylation is 4. The van der Waals surface area contributed by atoms with Crippen molar-refractivity contribution in [2.24, 2.45) is 21.7 Å². The molecule has 4 aromatic rings. The van der Waals surface area contributed by atoms with Crippen molar-refractivity contribution in [2.75, 3.05) is 0 Å². The molecule has 0 heteroatoms. The molecule has 0 heterocycles. The van der Waals surface area contributed by atoms with Crippen molar-refractivity contribution in [3.8, 4) is 0 Å². The molecule has 4 aromatic carbocycles. The highest BCUT2D eigenvalue weighted by molar-refractivity contribution is 5.41. The third-order valence-electron chi connectivity index (χ3n) is 13.1. The van der Waals surface area contributed by atoms with Gasteiger partial charge in [0.1, 0.15) is 0 Å². The smallest absolute Gasteiger partial charge is 0.0108 e. The summed E-state index contributed by atoms with van der Waals surface area (Å²) in [5.41, 5.74) is 12.9. The Morgan fingerprint density at radius 3 is 1.04 bits per heavy atom. The lowest BCUT2D eigenvalue weighted by Gasteiger charge is -2.41. The predicted octanol–water partition coefficient (Wildman–Crippen LogP) is 14.3. The van der Waals surface area contributed by atoms with E-state index in [1.54, 1.807) is 22.3 Å². The molecule has 0 amide bonds. The predicted molar refractivity (Wildman–Crippen MR) is 219 cm³/mol. The average Bonchev–Trinajstić information content (AvgIpc) is 3.06. The summed E-state index contributed by atoms with van der Waals surface area (Å²) < 4.78 is 0. The molecule has 0 spiro atoms. The topological polar surface area (TPSA) is 0 Å². The molecule has 0 nitrogen and oxygen atoms in total. The molecular weight excluding hydrogens is 601 g/mol. The van der Waals surface area contributed by atoms with E-state index in [4.69, 9.17) is 0 Å². The monoisotopic (exact) mass is 669 g/mol. The van der Waals surface area contributed by atoms with Gasteiger partial charge in [0.25, 0.3) is 0 Å². The van der Waals surface area contributed by atoms with Crippen LogP contribution in [0.1, 0.15) is 164 Å². The maximum absolute atomic E-state index is 2.61. The van der Waals surface area contributed by atoms with E-state index in [0.29, 0.717) is 23.7 Å². The second-order valence-corrected chi connectivity index (χ2v) is 19.5. The first-order valence-electron chi connectivity index (χ1n) is 19.7. The van der Waals surface area contributed by atoms with Gasteiger partial charge in [0.15, 0.2) is 0 Å². The Hall–Kier alpha value is -3.12. The van der Waals surface area contributed by atoms with Gasteiger partial charge in [-0.25, -0.2) is 0 Å². The minimum Gasteiger partial charge on any atom is -0.0622 e. The van der Waals surface area contributed by atoms with Crippen molar-refractivity contribution in [1.29, 1.82) is 0 Å². The Labute approximate surface area is 307 Å². The lowest BCUT2D eigenvalue weighted by atomic mass is 9.63. The molecule has 1 aliphatic carbocycles. The normalized spacial score (nSPS) is 16.7. The minimum atomic E-state index is 0.180. The molecule has 0 aliphatic heterocycles. The molecule has 1 aliphatic rings. The Morgan fingerprint density at radius 1 is 0.400 bits per heavy atom. The van der Waals surface area contributed by atoms with Gasteiger partial charge >= 0.3 is 0 Å². The first-order chi connectivity index (χ1) is 23.4. The standard InChI is InChI=1S/C50H68/c1-35(37-19-15-13-16-20-37)49(9,10)33-45(47(3,4)5)43-29-25-39-24-28-42-32-44(30-26-40(42)23-27-41(39)31-43)46(48(6,7)8)34-50(11,12)36(2)38-21-17-14-18-22-38/h13-22,25-26,29-32,35-36,45-46H,23-24,27-28,33-34H2,1-12H3. The fourth-order valence-corrected chi connectivity index (χ4v) is 8.86. The van der Waals surface area contributed by atoms with Crippen LogP contribution in [0.25, 0.3) is 0 Å². The van der Waals surface area contributed by atoms with Crippen LogP contribution in [0.4, 0.5) is 0 Å². The van der Waals surface area contributed by atoms with Gasteiger partial charge < -0.3 is 0 Å². The number of hydrogen-bond acceptors (Lipinski definition) is 0. The van der Waals surface area contributed by atoms with E-state index in [1.165, 1.54) is 35.1 Å². The van der Waals surface area contributed by atoms with Gasteiger partial charge in [0.2, 0.25) is 0 Å². The maximum Gasteiger partial charge on any atom is -0.0108 e. The van der Waals surface area contributed by atoms with Gasteiger partial charge in [-0.3, -0.25) is 0 Å². The Kier molecular flexibility index (Phi) is 11.3. The number of fused-ring (bicyclic) bond motifs is 2. The van der Waals surface area contributed by atoms with Crippen molar-refractivity contribution >= 4 is 0 Å². The molecule has 0 N–H and O–H groups in total. The molecule has 0 radical (unpaired) electrons. The Morgan fingerprint density at radius 2 is 0.720 bits per heavy atom. The Bertz CT molecular complexity index is 1560. The van der Waals surface area contributed by atoms with Crippen LogP contribution in [0.3, 0.4) is 0 Å². The third kappa shape index (κ3) is 8.84. The van der Waals surface area contributed by atoms with Crippen LogP contribution in [0.5, 0.6) is 0 Å². The highest BCUT2D eigenvalue weighted by Gasteiger charge is 2.38. The molecule has 0 saturated carbocycles. The van der Waals surface area contributed by atoms with Crippen molar-refractivity contribution < 1.29 is 0 Å². The van der Waals surface area contributed by atoms with E-state index in [1.807, 2.05) is 0 Å². The summed E-state index contributed by atoms with van der Waals surface area (Å²) >= 11 is 0. The zero-order chi connectivity index (χ0) is 36.5. The van der Waals surface area contributed by atoms with Crippen LogP contribution in [-0.2, 0) is 25.7 Å². The van der Waals surface area contributed by atoms with Crippen LogP contribution >= 0.6 is 0 Å². The summed E-state index contributed by atoms with van der Waals surface area (Å²) in [6.45, 7) is 29.4. The summed E-state index contributed by atoms with van der Waals surface area (Å²) in [5, 5.41) is 0.